The molecule has 0 saturated heterocycles. The maximum atomic E-state index is 6.09. The lowest BCUT2D eigenvalue weighted by molar-refractivity contribution is 0.301. The molecule has 0 aliphatic rings. The highest BCUT2D eigenvalue weighted by molar-refractivity contribution is 5.39. The van der Waals surface area contributed by atoms with Crippen LogP contribution in [0.1, 0.15) is 34.7 Å². The summed E-state index contributed by atoms with van der Waals surface area (Å²) in [5.41, 5.74) is 12.2. The third-order valence-corrected chi connectivity index (χ3v) is 3.77. The lowest BCUT2D eigenvalue weighted by Gasteiger charge is -2.16. The molecule has 0 fully saturated rings. The lowest BCUT2D eigenvalue weighted by Crippen LogP contribution is -2.18. The summed E-state index contributed by atoms with van der Waals surface area (Å²) in [6.07, 6.45) is 0.837. The van der Waals surface area contributed by atoms with E-state index < -0.39 is 0 Å². The van der Waals surface area contributed by atoms with Crippen molar-refractivity contribution in [1.29, 1.82) is 0 Å². The number of rotatable bonds is 5. The zero-order valence-corrected chi connectivity index (χ0v) is 13.4. The lowest BCUT2D eigenvalue weighted by atomic mass is 10.0. The van der Waals surface area contributed by atoms with Crippen molar-refractivity contribution in [1.82, 2.24) is 0 Å². The second-order valence-electron chi connectivity index (χ2n) is 5.95. The minimum Gasteiger partial charge on any atom is -0.489 e. The molecule has 0 heterocycles. The Hall–Kier alpha value is -1.80. The second-order valence-corrected chi connectivity index (χ2v) is 5.95. The zero-order valence-electron chi connectivity index (χ0n) is 13.4. The van der Waals surface area contributed by atoms with E-state index in [1.54, 1.807) is 0 Å². The van der Waals surface area contributed by atoms with Gasteiger partial charge >= 0.3 is 0 Å². The normalized spacial score (nSPS) is 12.2. The second kappa shape index (κ2) is 6.77. The molecule has 2 aromatic carbocycles. The van der Waals surface area contributed by atoms with Gasteiger partial charge in [0.1, 0.15) is 12.4 Å². The van der Waals surface area contributed by atoms with E-state index in [9.17, 15) is 0 Å². The van der Waals surface area contributed by atoms with Crippen molar-refractivity contribution in [2.24, 2.45) is 5.73 Å². The predicted molar refractivity (Wildman–Crippen MR) is 88.8 cm³/mol. The Kier molecular flexibility index (Phi) is 5.03. The molecule has 2 aromatic rings. The van der Waals surface area contributed by atoms with Crippen molar-refractivity contribution in [2.75, 3.05) is 0 Å². The van der Waals surface area contributed by atoms with Gasteiger partial charge in [-0.3, -0.25) is 0 Å². The van der Waals surface area contributed by atoms with E-state index in [1.807, 2.05) is 6.92 Å². The molecule has 112 valence electrons. The quantitative estimate of drug-likeness (QED) is 0.897. The summed E-state index contributed by atoms with van der Waals surface area (Å²) in [5.74, 6) is 0.945. The van der Waals surface area contributed by atoms with Crippen LogP contribution >= 0.6 is 0 Å². The van der Waals surface area contributed by atoms with E-state index in [-0.39, 0.29) is 6.04 Å². The molecule has 21 heavy (non-hydrogen) atoms. The highest BCUT2D eigenvalue weighted by atomic mass is 16.5. The summed E-state index contributed by atoms with van der Waals surface area (Å²) < 4.78 is 6.09. The van der Waals surface area contributed by atoms with Gasteiger partial charge in [-0.1, -0.05) is 35.9 Å². The SMILES string of the molecule is Cc1ccc(OCc2c(C)cccc2C)c(CC(C)N)c1. The standard InChI is InChI=1S/C19H25NO/c1-13-8-9-19(17(10-13)11-16(4)20)21-12-18-14(2)6-5-7-15(18)3/h5-10,16H,11-12,20H2,1-4H3. The van der Waals surface area contributed by atoms with Gasteiger partial charge in [-0.25, -0.2) is 0 Å². The van der Waals surface area contributed by atoms with Crippen LogP contribution in [0.15, 0.2) is 36.4 Å². The van der Waals surface area contributed by atoms with E-state index in [0.717, 1.165) is 12.2 Å². The van der Waals surface area contributed by atoms with Gasteiger partial charge in [0.2, 0.25) is 0 Å². The molecule has 0 aliphatic carbocycles. The maximum Gasteiger partial charge on any atom is 0.123 e. The number of aryl methyl sites for hydroxylation is 3. The Morgan fingerprint density at radius 2 is 1.71 bits per heavy atom. The Morgan fingerprint density at radius 3 is 2.33 bits per heavy atom. The third kappa shape index (κ3) is 4.08. The van der Waals surface area contributed by atoms with Crippen LogP contribution in [0.4, 0.5) is 0 Å². The molecule has 2 rings (SSSR count). The minimum absolute atomic E-state index is 0.134. The summed E-state index contributed by atoms with van der Waals surface area (Å²) in [6.45, 7) is 8.98. The van der Waals surface area contributed by atoms with Gasteiger partial charge in [-0.2, -0.15) is 0 Å². The number of hydrogen-bond acceptors (Lipinski definition) is 2. The van der Waals surface area contributed by atoms with Gasteiger partial charge < -0.3 is 10.5 Å². The molecule has 0 spiro atoms. The van der Waals surface area contributed by atoms with Gasteiger partial charge in [0, 0.05) is 6.04 Å². The van der Waals surface area contributed by atoms with Gasteiger partial charge in [-0.15, -0.1) is 0 Å². The summed E-state index contributed by atoms with van der Waals surface area (Å²) in [6, 6.07) is 12.8. The minimum atomic E-state index is 0.134. The smallest absolute Gasteiger partial charge is 0.123 e. The van der Waals surface area contributed by atoms with E-state index >= 15 is 0 Å². The Labute approximate surface area is 127 Å². The van der Waals surface area contributed by atoms with Crippen LogP contribution in [0, 0.1) is 20.8 Å². The zero-order chi connectivity index (χ0) is 15.4. The van der Waals surface area contributed by atoms with E-state index in [1.165, 1.54) is 27.8 Å². The van der Waals surface area contributed by atoms with Crippen molar-refractivity contribution in [3.63, 3.8) is 0 Å². The van der Waals surface area contributed by atoms with Crippen LogP contribution in [0.3, 0.4) is 0 Å². The Morgan fingerprint density at radius 1 is 1.05 bits per heavy atom. The van der Waals surface area contributed by atoms with E-state index in [4.69, 9.17) is 10.5 Å². The summed E-state index contributed by atoms with van der Waals surface area (Å²) >= 11 is 0. The number of benzene rings is 2. The average molecular weight is 283 g/mol. The molecule has 1 unspecified atom stereocenters. The van der Waals surface area contributed by atoms with E-state index in [0.29, 0.717) is 6.61 Å². The monoisotopic (exact) mass is 283 g/mol. The highest BCUT2D eigenvalue weighted by Crippen LogP contribution is 2.24. The van der Waals surface area contributed by atoms with Crippen LogP contribution in [-0.4, -0.2) is 6.04 Å². The molecule has 2 N–H and O–H groups in total. The Bertz CT molecular complexity index is 597. The van der Waals surface area contributed by atoms with Crippen LogP contribution in [0.25, 0.3) is 0 Å². The molecule has 2 heteroatoms. The van der Waals surface area contributed by atoms with Gasteiger partial charge in [0.05, 0.1) is 0 Å². The predicted octanol–water partition coefficient (Wildman–Crippen LogP) is 4.08. The number of ether oxygens (including phenoxy) is 1. The van der Waals surface area contributed by atoms with Crippen molar-refractivity contribution >= 4 is 0 Å². The summed E-state index contributed by atoms with van der Waals surface area (Å²) in [4.78, 5) is 0. The fourth-order valence-electron chi connectivity index (χ4n) is 2.58. The summed E-state index contributed by atoms with van der Waals surface area (Å²) in [5, 5.41) is 0. The third-order valence-electron chi connectivity index (χ3n) is 3.77. The van der Waals surface area contributed by atoms with Gasteiger partial charge in [0.25, 0.3) is 0 Å². The average Bonchev–Trinajstić information content (AvgIpc) is 2.39. The molecule has 0 saturated carbocycles. The van der Waals surface area contributed by atoms with Gasteiger partial charge in [-0.05, 0) is 62.4 Å². The molecular formula is C19H25NO. The molecule has 0 bridgehead atoms. The molecule has 0 amide bonds. The van der Waals surface area contributed by atoms with Crippen molar-refractivity contribution in [3.05, 3.63) is 64.2 Å². The highest BCUT2D eigenvalue weighted by Gasteiger charge is 2.09. The van der Waals surface area contributed by atoms with Crippen LogP contribution in [0.5, 0.6) is 5.75 Å². The van der Waals surface area contributed by atoms with Crippen LogP contribution in [-0.2, 0) is 13.0 Å². The fourth-order valence-corrected chi connectivity index (χ4v) is 2.58. The maximum absolute atomic E-state index is 6.09. The molecule has 1 atom stereocenters. The van der Waals surface area contributed by atoms with Crippen molar-refractivity contribution < 1.29 is 4.74 Å². The topological polar surface area (TPSA) is 35.2 Å². The van der Waals surface area contributed by atoms with Crippen molar-refractivity contribution in [2.45, 2.75) is 46.8 Å². The first kappa shape index (κ1) is 15.6. The summed E-state index contributed by atoms with van der Waals surface area (Å²) in [7, 11) is 0. The molecular weight excluding hydrogens is 258 g/mol. The first-order chi connectivity index (χ1) is 9.97. The molecule has 0 aromatic heterocycles. The first-order valence-electron chi connectivity index (χ1n) is 7.50. The largest absolute Gasteiger partial charge is 0.489 e. The van der Waals surface area contributed by atoms with Crippen molar-refractivity contribution in [3.8, 4) is 5.75 Å². The molecule has 2 nitrogen and oxygen atoms in total. The van der Waals surface area contributed by atoms with Crippen LogP contribution < -0.4 is 10.5 Å². The van der Waals surface area contributed by atoms with Gasteiger partial charge in [0.15, 0.2) is 0 Å². The molecule has 0 radical (unpaired) electrons. The number of hydrogen-bond donors (Lipinski definition) is 1. The number of nitrogens with two attached hydrogens (primary N) is 1. The first-order valence-corrected chi connectivity index (χ1v) is 7.50. The Balaban J connectivity index is 2.20. The van der Waals surface area contributed by atoms with Crippen LogP contribution in [0.2, 0.25) is 0 Å². The molecule has 0 aliphatic heterocycles. The van der Waals surface area contributed by atoms with E-state index in [2.05, 4.69) is 57.2 Å². The fraction of sp³-hybridized carbons (Fsp3) is 0.368.